The van der Waals surface area contributed by atoms with E-state index in [0.29, 0.717) is 143 Å². The van der Waals surface area contributed by atoms with Gasteiger partial charge >= 0.3 is 90.6 Å². The quantitative estimate of drug-likeness (QED) is 0.00523. The second kappa shape index (κ2) is 66.9. The van der Waals surface area contributed by atoms with Crippen LogP contribution >= 0.6 is 7.60 Å². The average Bonchev–Trinajstić information content (AvgIpc) is 1.67. The third kappa shape index (κ3) is 42.2. The van der Waals surface area contributed by atoms with Gasteiger partial charge in [0.2, 0.25) is 23.6 Å². The van der Waals surface area contributed by atoms with Crippen LogP contribution in [0.25, 0.3) is 45.8 Å². The Hall–Kier alpha value is -7.78. The molecule has 0 spiro atoms. The van der Waals surface area contributed by atoms with Crippen LogP contribution in [0.5, 0.6) is 0 Å². The Balaban J connectivity index is 0.000000453. The van der Waals surface area contributed by atoms with Gasteiger partial charge in [-0.05, 0) is 299 Å². The Morgan fingerprint density at radius 1 is 0.432 bits per heavy atom. The number of hydrogen-bond acceptors (Lipinski definition) is 29. The molecule has 12 rings (SSSR count). The zero-order valence-corrected chi connectivity index (χ0v) is 87.2. The van der Waals surface area contributed by atoms with Crippen LogP contribution < -0.4 is 59.1 Å². The molecule has 4 saturated carbocycles. The number of halogens is 4. The number of aliphatic hydroxyl groups is 1. The van der Waals surface area contributed by atoms with Gasteiger partial charge in [0.15, 0.2) is 12.5 Å². The predicted molar refractivity (Wildman–Crippen MR) is 504 cm³/mol. The third-order valence-corrected chi connectivity index (χ3v) is 25.7. The number of aliphatic hydroxyl groups excluding tert-OH is 1. The number of nitrogens with zero attached hydrogens (tertiary/aromatic N) is 4. The number of oxazole rings is 4. The van der Waals surface area contributed by atoms with E-state index < -0.39 is 32.0 Å². The minimum absolute atomic E-state index is 0. The van der Waals surface area contributed by atoms with Crippen LogP contribution in [0, 0.1) is 56.9 Å². The van der Waals surface area contributed by atoms with Crippen molar-refractivity contribution in [1.29, 1.82) is 0 Å². The molecule has 4 aliphatic rings. The zero-order chi connectivity index (χ0) is 97.6. The first-order chi connectivity index (χ1) is 65.1. The van der Waals surface area contributed by atoms with Crippen LogP contribution in [-0.4, -0.2) is 180 Å². The number of esters is 3. The number of carbonyl (C=O) groups is 5. The van der Waals surface area contributed by atoms with E-state index in [9.17, 15) is 46.1 Å². The molecule has 10 atom stereocenters. The molecule has 4 heterocycles. The Labute approximate surface area is 859 Å². The summed E-state index contributed by atoms with van der Waals surface area (Å²) in [6.45, 7) is 25.0. The summed E-state index contributed by atoms with van der Waals surface area (Å²) in [6, 6.07) is 24.2. The van der Waals surface area contributed by atoms with Crippen molar-refractivity contribution < 1.29 is 201 Å². The van der Waals surface area contributed by atoms with Crippen molar-refractivity contribution in [1.82, 2.24) is 19.9 Å². The summed E-state index contributed by atoms with van der Waals surface area (Å²) < 4.78 is 160. The Bertz CT molecular complexity index is 4980. The summed E-state index contributed by atoms with van der Waals surface area (Å²) in [5.74, 6) is 1.09. The first kappa shape index (κ1) is 124. The van der Waals surface area contributed by atoms with Crippen molar-refractivity contribution in [3.63, 3.8) is 0 Å². The number of benzene rings is 4. The Kier molecular flexibility index (Phi) is 59.5. The van der Waals surface area contributed by atoms with Crippen molar-refractivity contribution >= 4 is 37.8 Å². The second-order valence-electron chi connectivity index (χ2n) is 32.8. The summed E-state index contributed by atoms with van der Waals surface area (Å²) in [5, 5.41) is 17.8. The summed E-state index contributed by atoms with van der Waals surface area (Å²) >= 11 is 0. The van der Waals surface area contributed by atoms with Gasteiger partial charge in [0, 0.05) is 40.0 Å². The van der Waals surface area contributed by atoms with Crippen molar-refractivity contribution in [2.75, 3.05) is 59.6 Å². The zero-order valence-electron chi connectivity index (χ0n) is 83.3. The second-order valence-corrected chi connectivity index (χ2v) is 35.0. The number of hydrogen-bond donors (Lipinski definition) is 2. The first-order valence-corrected chi connectivity index (χ1v) is 48.6. The van der Waals surface area contributed by atoms with Gasteiger partial charge < -0.3 is 101 Å². The smallest absolute Gasteiger partial charge is 1.00 e. The van der Waals surface area contributed by atoms with Gasteiger partial charge in [0.25, 0.3) is 0 Å². The SMILES string of the molecule is C.CC/C(=C\CO[C@@H]1CCC[C@H](OCc2nc(-c3ccc(F)cc3)oc2C)C1)C(=O)O.CCC(CCO[C@@H]1CCC[C@H](OCc2nc(-c3ccc(F)cc3)oc2C)C1)C(=O)OCO.CCOC(=O)/C(=C/CO[C@@H]1CCC[C@H](OCc2nc(-c3ccc(F)cc3)oc2C)C1)CC.CCOC(=O)C(CC)P(=O)(OCC)OCC.Cc1oc(-c2ccc(F)cc2)nc1CO[C@H]1CCC[C@@H](OCC=O)C1.[H-].[Na+].[Na+].[OH-]. The monoisotopic (exact) mass is 1990 g/mol. The van der Waals surface area contributed by atoms with Crippen LogP contribution in [0.2, 0.25) is 0 Å². The van der Waals surface area contributed by atoms with Crippen LogP contribution in [0.15, 0.2) is 138 Å². The van der Waals surface area contributed by atoms with Crippen LogP contribution in [0.3, 0.4) is 0 Å². The van der Waals surface area contributed by atoms with Crippen molar-refractivity contribution in [2.24, 2.45) is 5.92 Å². The van der Waals surface area contributed by atoms with Gasteiger partial charge in [-0.15, -0.1) is 0 Å². The Morgan fingerprint density at radius 3 is 1.01 bits per heavy atom. The molecule has 4 aromatic carbocycles. The predicted octanol–water partition coefficient (Wildman–Crippen LogP) is 16.1. The van der Waals surface area contributed by atoms with Crippen molar-refractivity contribution in [2.45, 2.75) is 306 Å². The molecular formula is C102H141F4N4Na2O26P. The third-order valence-electron chi connectivity index (χ3n) is 23.2. The number of carbonyl (C=O) groups excluding carboxylic acids is 4. The minimum Gasteiger partial charge on any atom is -1.00 e. The van der Waals surface area contributed by atoms with E-state index in [1.165, 1.54) is 48.5 Å². The van der Waals surface area contributed by atoms with Gasteiger partial charge in [-0.25, -0.2) is 47.1 Å². The van der Waals surface area contributed by atoms with E-state index in [4.69, 9.17) is 84.3 Å². The molecule has 0 bridgehead atoms. The van der Waals surface area contributed by atoms with E-state index >= 15 is 0 Å². The van der Waals surface area contributed by atoms with Crippen molar-refractivity contribution in [3.05, 3.63) is 189 Å². The van der Waals surface area contributed by atoms with Gasteiger partial charge in [-0.2, -0.15) is 0 Å². The molecule has 760 valence electrons. The molecule has 0 saturated heterocycles. The standard InChI is InChI=1S/C25H32FNO5.C24H32FNO6.C23H28FNO5.C19H22FNO4.C10H21O5P.CH4.2Na.H2O.H/c1-4-18(25(28)29-5-2)13-14-30-21-7-6-8-22(15-21)31-16-23-17(3)32-24(27-23)19-9-11-20(26)12-10-19;1-3-17(24(28)31-15-27)11-12-29-20-5-4-6-21(13-20)30-14-22-16(2)32-23(26-22)18-7-9-19(25)10-8-18;1-3-16(23(26)27)11-12-28-19-5-4-6-20(13-19)29-14-21-15(2)30-22(25-21)17-7-9-18(24)10-8-17;1-13-18(21-19(25-13)14-5-7-15(20)8-6-14)12-24-17-4-2-3-16(11-17)23-10-9-22;1-5-9(10(11)13-6-2)16(12,14-7-3)15-8-4;;;;;/h9-13,21-22H,4-8,14-16H2,1-3H3;7-10,17,20-21,27H,3-6,11-15H2,1-2H3;7-11,19-20H,3-6,12-14H2,1-2H3,(H,26,27);5-9,16-17H,2-4,10-12H2,1H3;9H,5-8H2,1-4H3;1H4;;;1H2;/q;;;;;;2*+1;;-1/p-1/b18-13+;;16-11+;;;;;;;/t21-,22+;17?,20-,21+;19-,20+;16-,17+;;;;;;/m1111....../s1. The van der Waals surface area contributed by atoms with Gasteiger partial charge in [-0.1, -0.05) is 35.1 Å². The number of carboxylic acid groups (broad SMARTS) is 1. The number of carboxylic acids is 1. The van der Waals surface area contributed by atoms with E-state index in [2.05, 4.69) is 24.7 Å². The Morgan fingerprint density at radius 2 is 0.734 bits per heavy atom. The van der Waals surface area contributed by atoms with Crippen LogP contribution in [-0.2, 0) is 116 Å². The molecule has 0 aliphatic heterocycles. The minimum atomic E-state index is -3.39. The maximum atomic E-state index is 13.1. The molecule has 37 heteroatoms. The molecule has 30 nitrogen and oxygen atoms in total. The van der Waals surface area contributed by atoms with E-state index in [0.717, 1.165) is 154 Å². The number of aromatic nitrogens is 4. The molecule has 4 aliphatic carbocycles. The molecule has 0 radical (unpaired) electrons. The van der Waals surface area contributed by atoms with E-state index in [1.807, 2.05) is 54.5 Å². The van der Waals surface area contributed by atoms with Crippen LogP contribution in [0.4, 0.5) is 17.6 Å². The normalized spacial score (nSPS) is 18.5. The number of aryl methyl sites for hydroxylation is 4. The number of rotatable bonds is 45. The van der Waals surface area contributed by atoms with E-state index in [-0.39, 0.29) is 190 Å². The molecule has 3 N–H and O–H groups in total. The summed E-state index contributed by atoms with van der Waals surface area (Å²) in [6.07, 6.45) is 22.5. The molecule has 4 aromatic heterocycles. The molecule has 0 amide bonds. The van der Waals surface area contributed by atoms with Crippen molar-refractivity contribution in [3.8, 4) is 45.8 Å². The largest absolute Gasteiger partial charge is 1.00 e. The van der Waals surface area contributed by atoms with Gasteiger partial charge in [0.1, 0.15) is 82.0 Å². The fraction of sp³-hybridized carbons (Fsp3) is 0.559. The topological polar surface area (TPSA) is 397 Å². The molecule has 2 unspecified atom stereocenters. The maximum Gasteiger partial charge on any atom is 1.00 e. The number of ether oxygens (including phenoxy) is 11. The number of aldehydes is 1. The first-order valence-electron chi connectivity index (χ1n) is 47.0. The average molecular weight is 1990 g/mol. The summed E-state index contributed by atoms with van der Waals surface area (Å²) in [4.78, 5) is 74.7. The molecule has 4 fully saturated rings. The van der Waals surface area contributed by atoms with Gasteiger partial charge in [0.05, 0.1) is 121 Å². The number of aliphatic carboxylic acids is 1. The summed E-state index contributed by atoms with van der Waals surface area (Å²) in [7, 11) is -3.39. The fourth-order valence-electron chi connectivity index (χ4n) is 15.6. The van der Waals surface area contributed by atoms with E-state index in [1.54, 1.807) is 89.2 Å². The molecule has 8 aromatic rings. The molecular weight excluding hydrogens is 1850 g/mol. The maximum absolute atomic E-state index is 13.1. The fourth-order valence-corrected chi connectivity index (χ4v) is 17.6. The summed E-state index contributed by atoms with van der Waals surface area (Å²) in [5.41, 5.74) is 6.06. The van der Waals surface area contributed by atoms with Gasteiger partial charge in [-0.3, -0.25) is 14.2 Å². The molecule has 139 heavy (non-hydrogen) atoms. The van der Waals surface area contributed by atoms with Crippen LogP contribution in [0.1, 0.15) is 245 Å².